The lowest BCUT2D eigenvalue weighted by Gasteiger charge is -2.25. The van der Waals surface area contributed by atoms with Crippen LogP contribution in [0.5, 0.6) is 0 Å². The molecule has 0 fully saturated rings. The Labute approximate surface area is 137 Å². The summed E-state index contributed by atoms with van der Waals surface area (Å²) in [6.07, 6.45) is 0. The highest BCUT2D eigenvalue weighted by Gasteiger charge is 2.25. The topological polar surface area (TPSA) is 49.6 Å². The van der Waals surface area contributed by atoms with Gasteiger partial charge in [0.2, 0.25) is 0 Å². The van der Waals surface area contributed by atoms with Crippen LogP contribution in [0.3, 0.4) is 0 Å². The number of hydrogen-bond donors (Lipinski definition) is 1. The smallest absolute Gasteiger partial charge is 0.258 e. The standard InChI is InChI=1S/C19H23N3O/c1-14(2)21-11-12-22(18-6-4-3-5-16(18)13-21)19(23)15-7-9-17(20)10-8-15/h3-10,14H,11-13,20H2,1-2H3. The first-order valence-corrected chi connectivity index (χ1v) is 8.05. The van der Waals surface area contributed by atoms with Crippen LogP contribution in [0.15, 0.2) is 48.5 Å². The maximum atomic E-state index is 13.0. The van der Waals surface area contributed by atoms with Crippen molar-refractivity contribution in [1.29, 1.82) is 0 Å². The van der Waals surface area contributed by atoms with Gasteiger partial charge in [-0.3, -0.25) is 9.69 Å². The number of para-hydroxylation sites is 1. The predicted molar refractivity (Wildman–Crippen MR) is 94.5 cm³/mol. The maximum absolute atomic E-state index is 13.0. The number of amides is 1. The first-order chi connectivity index (χ1) is 11.1. The number of carbonyl (C=O) groups excluding carboxylic acids is 1. The molecule has 2 aromatic carbocycles. The second kappa shape index (κ2) is 6.42. The lowest BCUT2D eigenvalue weighted by atomic mass is 10.1. The van der Waals surface area contributed by atoms with Gasteiger partial charge < -0.3 is 10.6 Å². The van der Waals surface area contributed by atoms with Gasteiger partial charge in [-0.25, -0.2) is 0 Å². The number of benzene rings is 2. The molecule has 1 aliphatic heterocycles. The molecule has 0 unspecified atom stereocenters. The number of fused-ring (bicyclic) bond motifs is 1. The van der Waals surface area contributed by atoms with Crippen molar-refractivity contribution >= 4 is 17.3 Å². The Bertz CT molecular complexity index is 694. The molecule has 0 radical (unpaired) electrons. The van der Waals surface area contributed by atoms with Gasteiger partial charge in [0.1, 0.15) is 0 Å². The fraction of sp³-hybridized carbons (Fsp3) is 0.316. The number of anilines is 2. The van der Waals surface area contributed by atoms with Crippen molar-refractivity contribution in [2.45, 2.75) is 26.4 Å². The average molecular weight is 309 g/mol. The van der Waals surface area contributed by atoms with Crippen LogP contribution in [0.2, 0.25) is 0 Å². The van der Waals surface area contributed by atoms with E-state index in [2.05, 4.69) is 24.8 Å². The van der Waals surface area contributed by atoms with Crippen molar-refractivity contribution in [3.05, 3.63) is 59.7 Å². The summed E-state index contributed by atoms with van der Waals surface area (Å²) in [5.41, 5.74) is 9.28. The maximum Gasteiger partial charge on any atom is 0.258 e. The molecule has 2 N–H and O–H groups in total. The van der Waals surface area contributed by atoms with E-state index in [0.29, 0.717) is 23.8 Å². The van der Waals surface area contributed by atoms with Crippen molar-refractivity contribution in [1.82, 2.24) is 4.90 Å². The molecule has 1 aliphatic rings. The monoisotopic (exact) mass is 309 g/mol. The van der Waals surface area contributed by atoms with E-state index in [9.17, 15) is 4.79 Å². The molecule has 0 aromatic heterocycles. The van der Waals surface area contributed by atoms with Crippen LogP contribution in [-0.4, -0.2) is 29.9 Å². The van der Waals surface area contributed by atoms with Gasteiger partial charge in [0.15, 0.2) is 0 Å². The second-order valence-electron chi connectivity index (χ2n) is 6.27. The quantitative estimate of drug-likeness (QED) is 0.867. The van der Waals surface area contributed by atoms with Gasteiger partial charge in [0.05, 0.1) is 0 Å². The summed E-state index contributed by atoms with van der Waals surface area (Å²) >= 11 is 0. The highest BCUT2D eigenvalue weighted by molar-refractivity contribution is 6.06. The SMILES string of the molecule is CC(C)N1CCN(C(=O)c2ccc(N)cc2)c2ccccc2C1. The van der Waals surface area contributed by atoms with Crippen molar-refractivity contribution in [2.24, 2.45) is 0 Å². The Morgan fingerprint density at radius 3 is 2.43 bits per heavy atom. The summed E-state index contributed by atoms with van der Waals surface area (Å²) in [5.74, 6) is 0.0306. The highest BCUT2D eigenvalue weighted by Crippen LogP contribution is 2.27. The first-order valence-electron chi connectivity index (χ1n) is 8.05. The van der Waals surface area contributed by atoms with Crippen LogP contribution in [0.25, 0.3) is 0 Å². The summed E-state index contributed by atoms with van der Waals surface area (Å²) in [6.45, 7) is 6.82. The number of hydrogen-bond acceptors (Lipinski definition) is 3. The molecular formula is C19H23N3O. The predicted octanol–water partition coefficient (Wildman–Crippen LogP) is 3.14. The molecule has 23 heavy (non-hydrogen) atoms. The van der Waals surface area contributed by atoms with E-state index >= 15 is 0 Å². The molecular weight excluding hydrogens is 286 g/mol. The van der Waals surface area contributed by atoms with Crippen molar-refractivity contribution < 1.29 is 4.79 Å². The fourth-order valence-electron chi connectivity index (χ4n) is 2.99. The third kappa shape index (κ3) is 3.22. The average Bonchev–Trinajstić information content (AvgIpc) is 2.74. The van der Waals surface area contributed by atoms with E-state index in [1.165, 1.54) is 5.56 Å². The van der Waals surface area contributed by atoms with Gasteiger partial charge in [-0.15, -0.1) is 0 Å². The first kappa shape index (κ1) is 15.6. The Morgan fingerprint density at radius 1 is 1.04 bits per heavy atom. The zero-order chi connectivity index (χ0) is 16.4. The minimum atomic E-state index is 0.0306. The molecule has 4 nitrogen and oxygen atoms in total. The van der Waals surface area contributed by atoms with Crippen LogP contribution in [0.4, 0.5) is 11.4 Å². The largest absolute Gasteiger partial charge is 0.399 e. The van der Waals surface area contributed by atoms with Crippen LogP contribution in [0, 0.1) is 0 Å². The number of rotatable bonds is 2. The van der Waals surface area contributed by atoms with Gasteiger partial charge in [-0.05, 0) is 49.7 Å². The summed E-state index contributed by atoms with van der Waals surface area (Å²) in [7, 11) is 0. The lowest BCUT2D eigenvalue weighted by molar-refractivity contribution is 0.0983. The number of nitrogen functional groups attached to an aromatic ring is 1. The molecule has 2 aromatic rings. The Balaban J connectivity index is 1.96. The van der Waals surface area contributed by atoms with Crippen molar-refractivity contribution in [3.63, 3.8) is 0 Å². The minimum Gasteiger partial charge on any atom is -0.399 e. The second-order valence-corrected chi connectivity index (χ2v) is 6.27. The molecule has 120 valence electrons. The summed E-state index contributed by atoms with van der Waals surface area (Å²) in [5, 5.41) is 0. The molecule has 0 saturated carbocycles. The minimum absolute atomic E-state index is 0.0306. The Morgan fingerprint density at radius 2 is 1.74 bits per heavy atom. The van der Waals surface area contributed by atoms with E-state index in [-0.39, 0.29) is 5.91 Å². The lowest BCUT2D eigenvalue weighted by Crippen LogP contribution is -2.38. The summed E-state index contributed by atoms with van der Waals surface area (Å²) in [6, 6.07) is 15.8. The zero-order valence-electron chi connectivity index (χ0n) is 13.7. The number of nitrogens with two attached hydrogens (primary N) is 1. The van der Waals surface area contributed by atoms with E-state index in [0.717, 1.165) is 18.8 Å². The van der Waals surface area contributed by atoms with Gasteiger partial charge in [-0.2, -0.15) is 0 Å². The third-order valence-corrected chi connectivity index (χ3v) is 4.40. The van der Waals surface area contributed by atoms with E-state index in [1.54, 1.807) is 24.3 Å². The molecule has 4 heteroatoms. The molecule has 0 spiro atoms. The van der Waals surface area contributed by atoms with E-state index in [1.807, 2.05) is 23.1 Å². The summed E-state index contributed by atoms with van der Waals surface area (Å²) in [4.78, 5) is 17.3. The Hall–Kier alpha value is -2.33. The van der Waals surface area contributed by atoms with Gasteiger partial charge in [0, 0.05) is 42.6 Å². The molecule has 1 amide bonds. The molecule has 0 aliphatic carbocycles. The van der Waals surface area contributed by atoms with Crippen LogP contribution in [-0.2, 0) is 6.54 Å². The van der Waals surface area contributed by atoms with Gasteiger partial charge in [-0.1, -0.05) is 18.2 Å². The molecule has 0 atom stereocenters. The van der Waals surface area contributed by atoms with Crippen molar-refractivity contribution in [3.8, 4) is 0 Å². The van der Waals surface area contributed by atoms with E-state index < -0.39 is 0 Å². The van der Waals surface area contributed by atoms with Crippen molar-refractivity contribution in [2.75, 3.05) is 23.7 Å². The molecule has 0 saturated heterocycles. The highest BCUT2D eigenvalue weighted by atomic mass is 16.2. The summed E-state index contributed by atoms with van der Waals surface area (Å²) < 4.78 is 0. The third-order valence-electron chi connectivity index (χ3n) is 4.40. The fourth-order valence-corrected chi connectivity index (χ4v) is 2.99. The van der Waals surface area contributed by atoms with Gasteiger partial charge >= 0.3 is 0 Å². The number of carbonyl (C=O) groups is 1. The normalized spacial score (nSPS) is 15.3. The molecule has 3 rings (SSSR count). The van der Waals surface area contributed by atoms with Crippen LogP contribution < -0.4 is 10.6 Å². The van der Waals surface area contributed by atoms with Crippen LogP contribution >= 0.6 is 0 Å². The number of nitrogens with zero attached hydrogens (tertiary/aromatic N) is 2. The van der Waals surface area contributed by atoms with Gasteiger partial charge in [0.25, 0.3) is 5.91 Å². The van der Waals surface area contributed by atoms with Crippen LogP contribution in [0.1, 0.15) is 29.8 Å². The van der Waals surface area contributed by atoms with E-state index in [4.69, 9.17) is 5.73 Å². The Kier molecular flexibility index (Phi) is 4.35. The molecule has 0 bridgehead atoms. The zero-order valence-corrected chi connectivity index (χ0v) is 13.7. The molecule has 1 heterocycles.